The van der Waals surface area contributed by atoms with Crippen molar-refractivity contribution in [1.29, 1.82) is 0 Å². The zero-order valence-electron chi connectivity index (χ0n) is 16.7. The zero-order chi connectivity index (χ0) is 22.5. The molecule has 0 spiro atoms. The number of non-ortho nitro benzene ring substituents is 1. The van der Waals surface area contributed by atoms with E-state index in [0.29, 0.717) is 22.8 Å². The smallest absolute Gasteiger partial charge is 0.270 e. The van der Waals surface area contributed by atoms with Gasteiger partial charge in [0, 0.05) is 29.0 Å². The molecule has 1 heterocycles. The van der Waals surface area contributed by atoms with Gasteiger partial charge in [0.05, 0.1) is 10.6 Å². The number of rotatable bonds is 7. The largest absolute Gasteiger partial charge is 0.341 e. The van der Waals surface area contributed by atoms with Crippen LogP contribution in [0.5, 0.6) is 0 Å². The van der Waals surface area contributed by atoms with Crippen LogP contribution in [-0.4, -0.2) is 27.8 Å². The SMILES string of the molecule is Cc1nc(NC(=O)C(C)NC(=O)c2cccc([N+](=O)[O-])c2)sc1Cc1ccccc1F. The summed E-state index contributed by atoms with van der Waals surface area (Å²) in [5.74, 6) is -1.41. The lowest BCUT2D eigenvalue weighted by atomic mass is 10.1. The summed E-state index contributed by atoms with van der Waals surface area (Å²) in [4.78, 5) is 40.2. The number of halogens is 1. The van der Waals surface area contributed by atoms with Crippen molar-refractivity contribution in [3.63, 3.8) is 0 Å². The monoisotopic (exact) mass is 442 g/mol. The number of hydrogen-bond donors (Lipinski definition) is 2. The van der Waals surface area contributed by atoms with Crippen LogP contribution in [0.1, 0.15) is 33.4 Å². The van der Waals surface area contributed by atoms with Gasteiger partial charge in [-0.1, -0.05) is 24.3 Å². The number of carbonyl (C=O) groups is 2. The molecule has 8 nitrogen and oxygen atoms in total. The summed E-state index contributed by atoms with van der Waals surface area (Å²) >= 11 is 1.23. The molecule has 1 aromatic heterocycles. The number of hydrogen-bond acceptors (Lipinski definition) is 6. The van der Waals surface area contributed by atoms with E-state index in [1.165, 1.54) is 42.5 Å². The Morgan fingerprint density at radius 1 is 1.23 bits per heavy atom. The van der Waals surface area contributed by atoms with Crippen molar-refractivity contribution in [2.24, 2.45) is 0 Å². The molecule has 3 rings (SSSR count). The Bertz CT molecular complexity index is 1150. The third kappa shape index (κ3) is 5.48. The maximum atomic E-state index is 13.9. The number of aryl methyl sites for hydroxylation is 1. The van der Waals surface area contributed by atoms with Crippen LogP contribution in [0.2, 0.25) is 0 Å². The van der Waals surface area contributed by atoms with E-state index in [1.54, 1.807) is 25.1 Å². The average Bonchev–Trinajstić information content (AvgIpc) is 3.08. The number of aromatic nitrogens is 1. The van der Waals surface area contributed by atoms with Gasteiger partial charge in [0.2, 0.25) is 5.91 Å². The van der Waals surface area contributed by atoms with Crippen molar-refractivity contribution in [2.75, 3.05) is 5.32 Å². The quantitative estimate of drug-likeness (QED) is 0.426. The molecule has 2 N–H and O–H groups in total. The first kappa shape index (κ1) is 22.0. The molecule has 0 aliphatic carbocycles. The minimum atomic E-state index is -0.911. The number of benzene rings is 2. The second-order valence-electron chi connectivity index (χ2n) is 6.79. The molecular weight excluding hydrogens is 423 g/mol. The van der Waals surface area contributed by atoms with Gasteiger partial charge in [0.15, 0.2) is 5.13 Å². The fourth-order valence-corrected chi connectivity index (χ4v) is 3.77. The molecule has 31 heavy (non-hydrogen) atoms. The van der Waals surface area contributed by atoms with E-state index in [-0.39, 0.29) is 17.1 Å². The number of nitro benzene ring substituents is 1. The van der Waals surface area contributed by atoms with Crippen molar-refractivity contribution < 1.29 is 18.9 Å². The number of carbonyl (C=O) groups excluding carboxylic acids is 2. The van der Waals surface area contributed by atoms with Gasteiger partial charge >= 0.3 is 0 Å². The predicted octanol–water partition coefficient (Wildman–Crippen LogP) is 3.85. The number of nitro groups is 1. The number of nitrogens with zero attached hydrogens (tertiary/aromatic N) is 2. The molecule has 10 heteroatoms. The highest BCUT2D eigenvalue weighted by Crippen LogP contribution is 2.26. The highest BCUT2D eigenvalue weighted by atomic mass is 32.1. The summed E-state index contributed by atoms with van der Waals surface area (Å²) < 4.78 is 13.9. The summed E-state index contributed by atoms with van der Waals surface area (Å²) in [6.45, 7) is 3.27. The van der Waals surface area contributed by atoms with Gasteiger partial charge in [0.1, 0.15) is 11.9 Å². The topological polar surface area (TPSA) is 114 Å². The van der Waals surface area contributed by atoms with Crippen molar-refractivity contribution in [2.45, 2.75) is 26.3 Å². The van der Waals surface area contributed by atoms with Gasteiger partial charge in [-0.25, -0.2) is 9.37 Å². The predicted molar refractivity (Wildman–Crippen MR) is 115 cm³/mol. The lowest BCUT2D eigenvalue weighted by molar-refractivity contribution is -0.384. The number of nitrogens with one attached hydrogen (secondary N) is 2. The van der Waals surface area contributed by atoms with E-state index in [2.05, 4.69) is 15.6 Å². The van der Waals surface area contributed by atoms with Gasteiger partial charge in [-0.05, 0) is 31.5 Å². The molecule has 0 saturated heterocycles. The standard InChI is InChI=1S/C21H19FN4O4S/c1-12-18(11-14-6-3-4-9-17(14)22)31-21(24-12)25-19(27)13(2)23-20(28)15-7-5-8-16(10-15)26(29)30/h3-10,13H,11H2,1-2H3,(H,23,28)(H,24,25,27). The normalized spacial score (nSPS) is 11.6. The van der Waals surface area contributed by atoms with Crippen LogP contribution >= 0.6 is 11.3 Å². The molecule has 2 amide bonds. The molecule has 0 fully saturated rings. The van der Waals surface area contributed by atoms with Crippen LogP contribution < -0.4 is 10.6 Å². The molecule has 0 saturated carbocycles. The van der Waals surface area contributed by atoms with E-state index in [0.717, 1.165) is 10.9 Å². The van der Waals surface area contributed by atoms with Crippen molar-refractivity contribution in [3.05, 3.63) is 86.2 Å². The maximum absolute atomic E-state index is 13.9. The molecule has 160 valence electrons. The minimum Gasteiger partial charge on any atom is -0.341 e. The van der Waals surface area contributed by atoms with Gasteiger partial charge in [-0.2, -0.15) is 0 Å². The van der Waals surface area contributed by atoms with Gasteiger partial charge in [0.25, 0.3) is 11.6 Å². The van der Waals surface area contributed by atoms with E-state index in [9.17, 15) is 24.1 Å². The molecular formula is C21H19FN4O4S. The second kappa shape index (κ2) is 9.43. The molecule has 1 atom stereocenters. The third-order valence-electron chi connectivity index (χ3n) is 4.49. The second-order valence-corrected chi connectivity index (χ2v) is 7.87. The molecule has 0 radical (unpaired) electrons. The Morgan fingerprint density at radius 3 is 2.68 bits per heavy atom. The summed E-state index contributed by atoms with van der Waals surface area (Å²) in [6.07, 6.45) is 0.352. The molecule has 3 aromatic rings. The van der Waals surface area contributed by atoms with Crippen LogP contribution in [0.3, 0.4) is 0 Å². The maximum Gasteiger partial charge on any atom is 0.270 e. The fourth-order valence-electron chi connectivity index (χ4n) is 2.78. The summed E-state index contributed by atoms with van der Waals surface area (Å²) in [5.41, 5.74) is 1.07. The Kier molecular flexibility index (Phi) is 6.71. The summed E-state index contributed by atoms with van der Waals surface area (Å²) in [6, 6.07) is 10.8. The Hall–Kier alpha value is -3.66. The first-order valence-corrected chi connectivity index (χ1v) is 10.1. The molecule has 0 aliphatic rings. The highest BCUT2D eigenvalue weighted by molar-refractivity contribution is 7.15. The lowest BCUT2D eigenvalue weighted by Crippen LogP contribution is -2.41. The summed E-state index contributed by atoms with van der Waals surface area (Å²) in [7, 11) is 0. The van der Waals surface area contributed by atoms with Crippen LogP contribution in [0.15, 0.2) is 48.5 Å². The van der Waals surface area contributed by atoms with Crippen molar-refractivity contribution in [1.82, 2.24) is 10.3 Å². The van der Waals surface area contributed by atoms with Gasteiger partial charge < -0.3 is 10.6 Å². The van der Waals surface area contributed by atoms with Crippen LogP contribution in [-0.2, 0) is 11.2 Å². The lowest BCUT2D eigenvalue weighted by Gasteiger charge is -2.13. The van der Waals surface area contributed by atoms with E-state index < -0.39 is 22.8 Å². The van der Waals surface area contributed by atoms with Crippen LogP contribution in [0.25, 0.3) is 0 Å². The third-order valence-corrected chi connectivity index (χ3v) is 5.56. The Morgan fingerprint density at radius 2 is 1.97 bits per heavy atom. The van der Waals surface area contributed by atoms with Crippen LogP contribution in [0.4, 0.5) is 15.2 Å². The molecule has 2 aromatic carbocycles. The van der Waals surface area contributed by atoms with Gasteiger partial charge in [-0.3, -0.25) is 19.7 Å². The minimum absolute atomic E-state index is 0.0751. The number of amides is 2. The van der Waals surface area contributed by atoms with E-state index in [1.807, 2.05) is 0 Å². The van der Waals surface area contributed by atoms with Crippen molar-refractivity contribution >= 4 is 34.0 Å². The fraction of sp³-hybridized carbons (Fsp3) is 0.190. The van der Waals surface area contributed by atoms with Crippen LogP contribution in [0, 0.1) is 22.9 Å². The average molecular weight is 442 g/mol. The Balaban J connectivity index is 1.63. The van der Waals surface area contributed by atoms with Gasteiger partial charge in [-0.15, -0.1) is 11.3 Å². The van der Waals surface area contributed by atoms with Crippen molar-refractivity contribution in [3.8, 4) is 0 Å². The highest BCUT2D eigenvalue weighted by Gasteiger charge is 2.20. The zero-order valence-corrected chi connectivity index (χ0v) is 17.5. The van der Waals surface area contributed by atoms with E-state index >= 15 is 0 Å². The first-order valence-electron chi connectivity index (χ1n) is 9.30. The number of thiazole rings is 1. The van der Waals surface area contributed by atoms with E-state index in [4.69, 9.17) is 0 Å². The first-order chi connectivity index (χ1) is 14.7. The molecule has 0 aliphatic heterocycles. The summed E-state index contributed by atoms with van der Waals surface area (Å²) in [5, 5.41) is 16.3. The number of anilines is 1. The molecule has 0 bridgehead atoms. The molecule has 1 unspecified atom stereocenters. The Labute approximate surface area is 181 Å².